The van der Waals surface area contributed by atoms with E-state index in [0.717, 1.165) is 6.42 Å². The van der Waals surface area contributed by atoms with Gasteiger partial charge >= 0.3 is 0 Å². The Hall–Kier alpha value is -1.02. The van der Waals surface area contributed by atoms with E-state index in [1.54, 1.807) is 6.08 Å². The summed E-state index contributed by atoms with van der Waals surface area (Å²) in [7, 11) is 0. The molecule has 0 saturated heterocycles. The molecule has 2 nitrogen and oxygen atoms in total. The first-order chi connectivity index (χ1) is 6.69. The second kappa shape index (κ2) is 5.01. The molecule has 2 heteroatoms. The van der Waals surface area contributed by atoms with Crippen LogP contribution in [0.15, 0.2) is 36.1 Å². The van der Waals surface area contributed by atoms with Gasteiger partial charge in [0.1, 0.15) is 0 Å². The molecule has 0 spiro atoms. The van der Waals surface area contributed by atoms with Crippen molar-refractivity contribution in [1.29, 1.82) is 0 Å². The standard InChI is InChI=1S/C12H19NO/c1-4-6-12(14)11-7-9(3)10(5-2)8-13-11/h4,7-8,11-14H,1,5-6H2,2-3H3. The first-order valence-corrected chi connectivity index (χ1v) is 5.11. The molecular formula is C12H19NO. The molecule has 0 amide bonds. The van der Waals surface area contributed by atoms with Crippen LogP contribution in [0, 0.1) is 0 Å². The molecule has 14 heavy (non-hydrogen) atoms. The van der Waals surface area contributed by atoms with Crippen molar-refractivity contribution in [3.05, 3.63) is 36.1 Å². The lowest BCUT2D eigenvalue weighted by Crippen LogP contribution is -2.37. The molecule has 0 aromatic carbocycles. The third kappa shape index (κ3) is 2.48. The van der Waals surface area contributed by atoms with Crippen molar-refractivity contribution in [2.24, 2.45) is 0 Å². The topological polar surface area (TPSA) is 32.3 Å². The van der Waals surface area contributed by atoms with E-state index in [0.29, 0.717) is 6.42 Å². The van der Waals surface area contributed by atoms with Crippen LogP contribution in [0.2, 0.25) is 0 Å². The van der Waals surface area contributed by atoms with Crippen LogP contribution < -0.4 is 5.32 Å². The van der Waals surface area contributed by atoms with Crippen molar-refractivity contribution in [3.63, 3.8) is 0 Å². The number of aliphatic hydroxyl groups is 1. The zero-order valence-corrected chi connectivity index (χ0v) is 8.96. The summed E-state index contributed by atoms with van der Waals surface area (Å²) >= 11 is 0. The highest BCUT2D eigenvalue weighted by Gasteiger charge is 2.17. The van der Waals surface area contributed by atoms with Crippen molar-refractivity contribution in [1.82, 2.24) is 5.32 Å². The van der Waals surface area contributed by atoms with Crippen LogP contribution in [0.4, 0.5) is 0 Å². The lowest BCUT2D eigenvalue weighted by Gasteiger charge is -2.25. The molecule has 1 aliphatic rings. The Morgan fingerprint density at radius 1 is 1.71 bits per heavy atom. The predicted octanol–water partition coefficient (Wildman–Crippen LogP) is 2.14. The van der Waals surface area contributed by atoms with Gasteiger partial charge in [-0.05, 0) is 30.9 Å². The van der Waals surface area contributed by atoms with E-state index in [4.69, 9.17) is 0 Å². The first kappa shape index (κ1) is 11.1. The molecule has 1 rings (SSSR count). The van der Waals surface area contributed by atoms with Gasteiger partial charge in [0.15, 0.2) is 0 Å². The van der Waals surface area contributed by atoms with E-state index in [1.807, 2.05) is 6.20 Å². The SMILES string of the molecule is C=CCC(O)C1C=C(C)C(CC)=CN1. The Balaban J connectivity index is 2.63. The molecule has 78 valence electrons. The van der Waals surface area contributed by atoms with Crippen LogP contribution in [0.5, 0.6) is 0 Å². The van der Waals surface area contributed by atoms with Crippen molar-refractivity contribution >= 4 is 0 Å². The second-order valence-corrected chi connectivity index (χ2v) is 3.66. The van der Waals surface area contributed by atoms with E-state index in [1.165, 1.54) is 11.1 Å². The van der Waals surface area contributed by atoms with Gasteiger partial charge < -0.3 is 10.4 Å². The number of hydrogen-bond acceptors (Lipinski definition) is 2. The Labute approximate surface area is 86.0 Å². The average molecular weight is 193 g/mol. The van der Waals surface area contributed by atoms with Crippen molar-refractivity contribution < 1.29 is 5.11 Å². The van der Waals surface area contributed by atoms with E-state index >= 15 is 0 Å². The van der Waals surface area contributed by atoms with E-state index < -0.39 is 0 Å². The Morgan fingerprint density at radius 2 is 2.43 bits per heavy atom. The van der Waals surface area contributed by atoms with Gasteiger partial charge in [0, 0.05) is 6.20 Å². The van der Waals surface area contributed by atoms with Gasteiger partial charge in [0.2, 0.25) is 0 Å². The van der Waals surface area contributed by atoms with Gasteiger partial charge in [0.25, 0.3) is 0 Å². The minimum Gasteiger partial charge on any atom is -0.390 e. The van der Waals surface area contributed by atoms with E-state index in [-0.39, 0.29) is 12.1 Å². The number of aliphatic hydroxyl groups excluding tert-OH is 1. The molecule has 0 aliphatic carbocycles. The molecule has 1 heterocycles. The zero-order valence-electron chi connectivity index (χ0n) is 8.96. The van der Waals surface area contributed by atoms with Crippen molar-refractivity contribution in [2.75, 3.05) is 0 Å². The van der Waals surface area contributed by atoms with Crippen LogP contribution in [0.1, 0.15) is 26.7 Å². The van der Waals surface area contributed by atoms with Crippen LogP contribution in [0.3, 0.4) is 0 Å². The molecule has 1 aliphatic heterocycles. The fourth-order valence-corrected chi connectivity index (χ4v) is 1.66. The zero-order chi connectivity index (χ0) is 10.6. The molecule has 0 aromatic rings. The molecule has 0 fully saturated rings. The molecule has 0 radical (unpaired) electrons. The van der Waals surface area contributed by atoms with E-state index in [9.17, 15) is 5.11 Å². The van der Waals surface area contributed by atoms with Crippen LogP contribution in [0.25, 0.3) is 0 Å². The lowest BCUT2D eigenvalue weighted by molar-refractivity contribution is 0.153. The van der Waals surface area contributed by atoms with E-state index in [2.05, 4.69) is 31.8 Å². The van der Waals surface area contributed by atoms with Gasteiger partial charge in [-0.25, -0.2) is 0 Å². The van der Waals surface area contributed by atoms with Gasteiger partial charge in [0.05, 0.1) is 12.1 Å². The summed E-state index contributed by atoms with van der Waals surface area (Å²) in [6.07, 6.45) is 7.11. The molecule has 2 unspecified atom stereocenters. The fourth-order valence-electron chi connectivity index (χ4n) is 1.66. The van der Waals surface area contributed by atoms with Crippen LogP contribution in [-0.4, -0.2) is 17.3 Å². The highest BCUT2D eigenvalue weighted by atomic mass is 16.3. The monoisotopic (exact) mass is 193 g/mol. The van der Waals surface area contributed by atoms with Gasteiger partial charge in [-0.2, -0.15) is 0 Å². The second-order valence-electron chi connectivity index (χ2n) is 3.66. The maximum Gasteiger partial charge on any atom is 0.0811 e. The lowest BCUT2D eigenvalue weighted by atomic mass is 9.97. The minimum absolute atomic E-state index is 0.0308. The third-order valence-corrected chi connectivity index (χ3v) is 2.59. The Kier molecular flexibility index (Phi) is 3.96. The molecule has 0 aromatic heterocycles. The van der Waals surface area contributed by atoms with Gasteiger partial charge in [-0.1, -0.05) is 19.1 Å². The van der Waals surface area contributed by atoms with Gasteiger partial charge in [-0.15, -0.1) is 6.58 Å². The summed E-state index contributed by atoms with van der Waals surface area (Å²) < 4.78 is 0. The molecule has 0 saturated carbocycles. The summed E-state index contributed by atoms with van der Waals surface area (Å²) in [4.78, 5) is 0. The Bertz CT molecular complexity index is 265. The quantitative estimate of drug-likeness (QED) is 0.670. The highest BCUT2D eigenvalue weighted by molar-refractivity contribution is 5.33. The Morgan fingerprint density at radius 3 is 2.93 bits per heavy atom. The van der Waals surface area contributed by atoms with Crippen molar-refractivity contribution in [3.8, 4) is 0 Å². The number of dihydropyridines is 1. The smallest absolute Gasteiger partial charge is 0.0811 e. The van der Waals surface area contributed by atoms with Crippen LogP contribution >= 0.6 is 0 Å². The third-order valence-electron chi connectivity index (χ3n) is 2.59. The highest BCUT2D eigenvalue weighted by Crippen LogP contribution is 2.18. The summed E-state index contributed by atoms with van der Waals surface area (Å²) in [6.45, 7) is 7.84. The fraction of sp³-hybridized carbons (Fsp3) is 0.500. The largest absolute Gasteiger partial charge is 0.390 e. The number of rotatable bonds is 4. The summed E-state index contributed by atoms with van der Waals surface area (Å²) in [6, 6.07) is 0.0308. The normalized spacial score (nSPS) is 23.2. The number of hydrogen-bond donors (Lipinski definition) is 2. The minimum atomic E-state index is -0.378. The maximum atomic E-state index is 9.74. The molecule has 2 N–H and O–H groups in total. The van der Waals surface area contributed by atoms with Crippen LogP contribution in [-0.2, 0) is 0 Å². The predicted molar refractivity (Wildman–Crippen MR) is 59.9 cm³/mol. The summed E-state index contributed by atoms with van der Waals surface area (Å²) in [5.41, 5.74) is 2.58. The summed E-state index contributed by atoms with van der Waals surface area (Å²) in [5, 5.41) is 12.9. The average Bonchev–Trinajstić information content (AvgIpc) is 2.18. The number of nitrogens with one attached hydrogen (secondary N) is 1. The molecular weight excluding hydrogens is 174 g/mol. The molecule has 2 atom stereocenters. The molecule has 0 bridgehead atoms. The van der Waals surface area contributed by atoms with Gasteiger partial charge in [-0.3, -0.25) is 0 Å². The number of allylic oxidation sites excluding steroid dienone is 2. The maximum absolute atomic E-state index is 9.74. The summed E-state index contributed by atoms with van der Waals surface area (Å²) in [5.74, 6) is 0. The first-order valence-electron chi connectivity index (χ1n) is 5.11. The van der Waals surface area contributed by atoms with Crippen molar-refractivity contribution in [2.45, 2.75) is 38.8 Å².